The normalized spacial score (nSPS) is 31.3. The predicted octanol–water partition coefficient (Wildman–Crippen LogP) is 3.69. The van der Waals surface area contributed by atoms with E-state index in [1.54, 1.807) is 0 Å². The van der Waals surface area contributed by atoms with Gasteiger partial charge in [0.05, 0.1) is 0 Å². The number of H-pyrrole nitrogens is 1. The molecule has 2 aliphatic carbocycles. The maximum atomic E-state index is 6.04. The number of para-hydroxylation sites is 1. The van der Waals surface area contributed by atoms with Crippen LogP contribution in [0.15, 0.2) is 30.5 Å². The SMILES string of the molecule is CC(CC(C)(C)c1c[nH]c2ccccc12)NC1CC2(C1)CC2N. The summed E-state index contributed by atoms with van der Waals surface area (Å²) < 4.78 is 0. The second-order valence-electron chi connectivity index (χ2n) is 8.68. The predicted molar refractivity (Wildman–Crippen MR) is 96.6 cm³/mol. The number of aromatic amines is 1. The molecule has 124 valence electrons. The monoisotopic (exact) mass is 311 g/mol. The minimum Gasteiger partial charge on any atom is -0.361 e. The molecule has 2 aliphatic rings. The molecule has 2 saturated carbocycles. The van der Waals surface area contributed by atoms with Crippen LogP contribution in [-0.2, 0) is 5.41 Å². The number of hydrogen-bond acceptors (Lipinski definition) is 2. The summed E-state index contributed by atoms with van der Waals surface area (Å²) in [5, 5.41) is 5.19. The zero-order valence-corrected chi connectivity index (χ0v) is 14.5. The molecule has 0 saturated heterocycles. The minimum atomic E-state index is 0.156. The second kappa shape index (κ2) is 5.09. The molecule has 1 aromatic carbocycles. The van der Waals surface area contributed by atoms with E-state index in [1.165, 1.54) is 35.7 Å². The average molecular weight is 311 g/mol. The molecule has 3 heteroatoms. The Morgan fingerprint density at radius 1 is 1.30 bits per heavy atom. The Morgan fingerprint density at radius 3 is 2.70 bits per heavy atom. The molecule has 0 radical (unpaired) electrons. The van der Waals surface area contributed by atoms with Gasteiger partial charge in [-0.1, -0.05) is 32.0 Å². The maximum Gasteiger partial charge on any atom is 0.0457 e. The number of nitrogens with two attached hydrogens (primary N) is 1. The lowest BCUT2D eigenvalue weighted by Gasteiger charge is -2.40. The van der Waals surface area contributed by atoms with Crippen LogP contribution in [0.5, 0.6) is 0 Å². The highest BCUT2D eigenvalue weighted by Crippen LogP contribution is 2.59. The van der Waals surface area contributed by atoms with E-state index in [-0.39, 0.29) is 5.41 Å². The van der Waals surface area contributed by atoms with E-state index in [4.69, 9.17) is 5.73 Å². The van der Waals surface area contributed by atoms with Crippen molar-refractivity contribution in [2.75, 3.05) is 0 Å². The fourth-order valence-electron chi connectivity index (χ4n) is 4.86. The van der Waals surface area contributed by atoms with Gasteiger partial charge in [-0.3, -0.25) is 0 Å². The molecule has 2 aromatic rings. The van der Waals surface area contributed by atoms with Crippen molar-refractivity contribution in [3.8, 4) is 0 Å². The Bertz CT molecular complexity index is 709. The summed E-state index contributed by atoms with van der Waals surface area (Å²) in [7, 11) is 0. The third-order valence-electron chi connectivity index (χ3n) is 6.21. The highest BCUT2D eigenvalue weighted by molar-refractivity contribution is 5.84. The highest BCUT2D eigenvalue weighted by Gasteiger charge is 2.59. The van der Waals surface area contributed by atoms with Crippen molar-refractivity contribution >= 4 is 10.9 Å². The first kappa shape index (κ1) is 15.2. The Kier molecular flexibility index (Phi) is 3.37. The van der Waals surface area contributed by atoms with Crippen LogP contribution in [0.2, 0.25) is 0 Å². The Hall–Kier alpha value is -1.32. The lowest BCUT2D eigenvalue weighted by molar-refractivity contribution is 0.172. The lowest BCUT2D eigenvalue weighted by Crippen LogP contribution is -2.49. The first-order chi connectivity index (χ1) is 10.9. The fraction of sp³-hybridized carbons (Fsp3) is 0.600. The summed E-state index contributed by atoms with van der Waals surface area (Å²) in [6.45, 7) is 7.05. The van der Waals surface area contributed by atoms with Crippen LogP contribution in [0, 0.1) is 5.41 Å². The van der Waals surface area contributed by atoms with E-state index in [0.717, 1.165) is 6.42 Å². The van der Waals surface area contributed by atoms with Gasteiger partial charge in [-0.05, 0) is 55.1 Å². The van der Waals surface area contributed by atoms with Crippen molar-refractivity contribution in [2.24, 2.45) is 11.1 Å². The molecule has 0 amide bonds. The van der Waals surface area contributed by atoms with Gasteiger partial charge in [0.2, 0.25) is 0 Å². The maximum absolute atomic E-state index is 6.04. The first-order valence-electron chi connectivity index (χ1n) is 8.98. The molecular weight excluding hydrogens is 282 g/mol. The van der Waals surface area contributed by atoms with Crippen molar-refractivity contribution in [1.29, 1.82) is 0 Å². The van der Waals surface area contributed by atoms with Crippen LogP contribution < -0.4 is 11.1 Å². The van der Waals surface area contributed by atoms with Gasteiger partial charge in [0.1, 0.15) is 0 Å². The average Bonchev–Trinajstić information content (AvgIpc) is 2.94. The molecule has 3 nitrogen and oxygen atoms in total. The van der Waals surface area contributed by atoms with E-state index in [0.29, 0.717) is 23.5 Å². The number of benzene rings is 1. The third kappa shape index (κ3) is 2.60. The molecule has 4 rings (SSSR count). The molecule has 1 aromatic heterocycles. The summed E-state index contributed by atoms with van der Waals surface area (Å²) in [5.41, 5.74) is 9.39. The number of rotatable bonds is 5. The molecule has 0 aliphatic heterocycles. The van der Waals surface area contributed by atoms with Gasteiger partial charge >= 0.3 is 0 Å². The Labute approximate surface area is 139 Å². The van der Waals surface area contributed by atoms with Gasteiger partial charge in [0, 0.05) is 35.2 Å². The minimum absolute atomic E-state index is 0.156. The van der Waals surface area contributed by atoms with Crippen molar-refractivity contribution in [2.45, 2.75) is 70.0 Å². The van der Waals surface area contributed by atoms with Crippen molar-refractivity contribution in [3.63, 3.8) is 0 Å². The van der Waals surface area contributed by atoms with Crippen LogP contribution in [0.25, 0.3) is 10.9 Å². The standard InChI is InChI=1S/C20H29N3/c1-13(23-14-9-20(10-14)11-18(20)21)8-19(2,3)16-12-22-17-7-5-4-6-15(16)17/h4-7,12-14,18,22-23H,8-11,21H2,1-3H3. The number of fused-ring (bicyclic) bond motifs is 1. The van der Waals surface area contributed by atoms with Gasteiger partial charge in [0.25, 0.3) is 0 Å². The molecule has 2 fully saturated rings. The molecule has 2 atom stereocenters. The molecular formula is C20H29N3. The van der Waals surface area contributed by atoms with Gasteiger partial charge in [0.15, 0.2) is 0 Å². The van der Waals surface area contributed by atoms with Crippen LogP contribution in [0.4, 0.5) is 0 Å². The highest BCUT2D eigenvalue weighted by atomic mass is 15.0. The van der Waals surface area contributed by atoms with E-state index in [9.17, 15) is 0 Å². The van der Waals surface area contributed by atoms with Gasteiger partial charge in [-0.15, -0.1) is 0 Å². The van der Waals surface area contributed by atoms with Crippen molar-refractivity contribution < 1.29 is 0 Å². The van der Waals surface area contributed by atoms with Crippen LogP contribution in [-0.4, -0.2) is 23.1 Å². The van der Waals surface area contributed by atoms with Crippen LogP contribution in [0.1, 0.15) is 52.0 Å². The third-order valence-corrected chi connectivity index (χ3v) is 6.21. The molecule has 0 bridgehead atoms. The van der Waals surface area contributed by atoms with E-state index < -0.39 is 0 Å². The topological polar surface area (TPSA) is 53.8 Å². The first-order valence-corrected chi connectivity index (χ1v) is 8.98. The molecule has 1 spiro atoms. The molecule has 4 N–H and O–H groups in total. The Balaban J connectivity index is 1.40. The number of aromatic nitrogens is 1. The van der Waals surface area contributed by atoms with Gasteiger partial charge < -0.3 is 16.0 Å². The number of hydrogen-bond donors (Lipinski definition) is 3. The Morgan fingerprint density at radius 2 is 2.00 bits per heavy atom. The smallest absolute Gasteiger partial charge is 0.0457 e. The molecule has 1 heterocycles. The van der Waals surface area contributed by atoms with Gasteiger partial charge in [-0.25, -0.2) is 0 Å². The number of nitrogens with one attached hydrogen (secondary N) is 2. The fourth-order valence-corrected chi connectivity index (χ4v) is 4.86. The largest absolute Gasteiger partial charge is 0.361 e. The van der Waals surface area contributed by atoms with Crippen molar-refractivity contribution in [1.82, 2.24) is 10.3 Å². The van der Waals surface area contributed by atoms with E-state index >= 15 is 0 Å². The lowest BCUT2D eigenvalue weighted by atomic mass is 9.74. The van der Waals surface area contributed by atoms with Crippen LogP contribution in [0.3, 0.4) is 0 Å². The molecule has 2 unspecified atom stereocenters. The summed E-state index contributed by atoms with van der Waals surface area (Å²) in [6, 6.07) is 10.3. The summed E-state index contributed by atoms with van der Waals surface area (Å²) in [5.74, 6) is 0. The van der Waals surface area contributed by atoms with E-state index in [1.807, 2.05) is 0 Å². The summed E-state index contributed by atoms with van der Waals surface area (Å²) >= 11 is 0. The second-order valence-corrected chi connectivity index (χ2v) is 8.68. The quantitative estimate of drug-likeness (QED) is 0.789. The van der Waals surface area contributed by atoms with Gasteiger partial charge in [-0.2, -0.15) is 0 Å². The zero-order chi connectivity index (χ0) is 16.2. The summed E-state index contributed by atoms with van der Waals surface area (Å²) in [6.07, 6.45) is 7.15. The summed E-state index contributed by atoms with van der Waals surface area (Å²) in [4.78, 5) is 3.42. The molecule has 23 heavy (non-hydrogen) atoms. The van der Waals surface area contributed by atoms with E-state index in [2.05, 4.69) is 61.5 Å². The van der Waals surface area contributed by atoms with Crippen LogP contribution >= 0.6 is 0 Å². The van der Waals surface area contributed by atoms with Crippen molar-refractivity contribution in [3.05, 3.63) is 36.0 Å². The zero-order valence-electron chi connectivity index (χ0n) is 14.5.